The lowest BCUT2D eigenvalue weighted by Gasteiger charge is -2.23. The first-order valence-electron chi connectivity index (χ1n) is 8.39. The van der Waals surface area contributed by atoms with Gasteiger partial charge in [-0.3, -0.25) is 4.79 Å². The molecular weight excluding hydrogens is 332 g/mol. The maximum atomic E-state index is 12.2. The van der Waals surface area contributed by atoms with Gasteiger partial charge in [0.2, 0.25) is 0 Å². The van der Waals surface area contributed by atoms with Crippen LogP contribution in [-0.4, -0.2) is 17.7 Å². The van der Waals surface area contributed by atoms with Crippen molar-refractivity contribution in [2.45, 2.75) is 12.8 Å². The smallest absolute Gasteiger partial charge is 0.286 e. The molecule has 4 nitrogen and oxygen atoms in total. The number of nitrogens with zero attached hydrogens (tertiary/aromatic N) is 1. The van der Waals surface area contributed by atoms with Crippen LogP contribution in [-0.2, 0) is 9.53 Å². The summed E-state index contributed by atoms with van der Waals surface area (Å²) in [6.07, 6.45) is 2.49. The molecule has 2 aliphatic carbocycles. The van der Waals surface area contributed by atoms with Crippen molar-refractivity contribution in [2.24, 2.45) is 16.6 Å². The first-order chi connectivity index (χ1) is 12.2. The molecule has 0 spiro atoms. The lowest BCUT2D eigenvalue weighted by molar-refractivity contribution is -0.112. The fourth-order valence-corrected chi connectivity index (χ4v) is 4.09. The highest BCUT2D eigenvalue weighted by molar-refractivity contribution is 8.23. The lowest BCUT2D eigenvalue weighted by Crippen LogP contribution is -2.45. The van der Waals surface area contributed by atoms with Crippen molar-refractivity contribution in [3.63, 3.8) is 0 Å². The molecular formula is C20H16N2O2S. The van der Waals surface area contributed by atoms with Crippen molar-refractivity contribution in [3.8, 4) is 11.1 Å². The van der Waals surface area contributed by atoms with Crippen molar-refractivity contribution in [1.82, 2.24) is 0 Å². The summed E-state index contributed by atoms with van der Waals surface area (Å²) < 4.78 is 6.12. The van der Waals surface area contributed by atoms with E-state index in [0.717, 1.165) is 39.5 Å². The number of carbonyl (C=O) groups is 1. The van der Waals surface area contributed by atoms with Crippen molar-refractivity contribution in [2.75, 3.05) is 6.61 Å². The molecule has 124 valence electrons. The Bertz CT molecular complexity index is 1050. The van der Waals surface area contributed by atoms with E-state index in [4.69, 9.17) is 10.5 Å². The number of amides is 1. The number of aliphatic imine (C=N–C) groups is 1. The number of hydrogen-bond donors (Lipinski definition) is 1. The number of carbonyl (C=O) groups excluding carboxylic acids is 1. The second-order valence-electron chi connectivity index (χ2n) is 6.55. The fourth-order valence-electron chi connectivity index (χ4n) is 3.31. The highest BCUT2D eigenvalue weighted by Gasteiger charge is 2.31. The van der Waals surface area contributed by atoms with Crippen molar-refractivity contribution in [1.29, 1.82) is 0 Å². The summed E-state index contributed by atoms with van der Waals surface area (Å²) in [4.78, 5) is 16.7. The molecule has 1 amide bonds. The number of nitrogens with two attached hydrogens (primary N) is 1. The van der Waals surface area contributed by atoms with E-state index in [9.17, 15) is 4.79 Å². The van der Waals surface area contributed by atoms with Gasteiger partial charge in [0, 0.05) is 16.0 Å². The zero-order chi connectivity index (χ0) is 17.0. The standard InChI is InChI=1S/C20H16N2O2S/c21-20-22-19(23)18(25-20)16-14-9-8-13(12-4-2-1-3-5-12)15(16)17(14)24-10-11-6-7-11/h1-5,8-9,11H,6-7,10H2,(H2,21,22,23)/b18-16-. The Morgan fingerprint density at radius 2 is 1.84 bits per heavy atom. The van der Waals surface area contributed by atoms with Crippen LogP contribution in [0.15, 0.2) is 47.5 Å². The summed E-state index contributed by atoms with van der Waals surface area (Å²) in [6, 6.07) is 14.3. The molecule has 1 saturated carbocycles. The average molecular weight is 348 g/mol. The molecule has 0 aromatic heterocycles. The molecule has 2 aromatic rings. The minimum Gasteiger partial charge on any atom is -0.492 e. The van der Waals surface area contributed by atoms with Crippen LogP contribution in [0.25, 0.3) is 21.8 Å². The number of rotatable bonds is 4. The van der Waals surface area contributed by atoms with Crippen LogP contribution in [0, 0.1) is 5.92 Å². The first kappa shape index (κ1) is 14.8. The second kappa shape index (κ2) is 5.49. The zero-order valence-electron chi connectivity index (χ0n) is 13.5. The Hall–Kier alpha value is -2.53. The van der Waals surface area contributed by atoms with Crippen molar-refractivity contribution < 1.29 is 9.53 Å². The number of fused-ring (bicyclic) bond motifs is 2. The zero-order valence-corrected chi connectivity index (χ0v) is 14.3. The molecule has 2 N–H and O–H groups in total. The number of amidine groups is 1. The topological polar surface area (TPSA) is 64.7 Å². The van der Waals surface area contributed by atoms with Gasteiger partial charge in [0.1, 0.15) is 5.76 Å². The summed E-state index contributed by atoms with van der Waals surface area (Å²) in [6.45, 7) is 0.751. The largest absolute Gasteiger partial charge is 0.492 e. The van der Waals surface area contributed by atoms with E-state index < -0.39 is 0 Å². The molecule has 1 fully saturated rings. The number of ether oxygens (including phenoxy) is 1. The van der Waals surface area contributed by atoms with E-state index in [2.05, 4.69) is 23.2 Å². The summed E-state index contributed by atoms with van der Waals surface area (Å²) in [7, 11) is 0. The third-order valence-electron chi connectivity index (χ3n) is 4.76. The Morgan fingerprint density at radius 1 is 1.08 bits per heavy atom. The number of benzene rings is 2. The van der Waals surface area contributed by atoms with Crippen LogP contribution < -0.4 is 16.2 Å². The predicted molar refractivity (Wildman–Crippen MR) is 99.9 cm³/mol. The monoisotopic (exact) mass is 348 g/mol. The Morgan fingerprint density at radius 3 is 2.52 bits per heavy atom. The molecule has 1 heterocycles. The van der Waals surface area contributed by atoms with Gasteiger partial charge in [-0.05, 0) is 47.7 Å². The highest BCUT2D eigenvalue weighted by atomic mass is 32.2. The lowest BCUT2D eigenvalue weighted by atomic mass is 9.88. The van der Waals surface area contributed by atoms with Gasteiger partial charge in [0.05, 0.1) is 11.5 Å². The quantitative estimate of drug-likeness (QED) is 0.917. The third kappa shape index (κ3) is 2.38. The van der Waals surface area contributed by atoms with Crippen LogP contribution in [0.1, 0.15) is 18.4 Å². The van der Waals surface area contributed by atoms with Gasteiger partial charge >= 0.3 is 0 Å². The van der Waals surface area contributed by atoms with Gasteiger partial charge in [-0.1, -0.05) is 36.4 Å². The van der Waals surface area contributed by atoms with Crippen LogP contribution in [0.2, 0.25) is 0 Å². The van der Waals surface area contributed by atoms with E-state index >= 15 is 0 Å². The van der Waals surface area contributed by atoms with Gasteiger partial charge in [0.25, 0.3) is 5.91 Å². The molecule has 0 atom stereocenters. The molecule has 5 rings (SSSR count). The normalized spacial score (nSPS) is 20.4. The van der Waals surface area contributed by atoms with Crippen molar-refractivity contribution in [3.05, 3.63) is 58.5 Å². The summed E-state index contributed by atoms with van der Waals surface area (Å²) in [5.41, 5.74) is 8.94. The molecule has 5 heteroatoms. The number of thioether (sulfide) groups is 1. The van der Waals surface area contributed by atoms with Gasteiger partial charge < -0.3 is 10.5 Å². The maximum Gasteiger partial charge on any atom is 0.286 e. The molecule has 25 heavy (non-hydrogen) atoms. The molecule has 0 radical (unpaired) electrons. The average Bonchev–Trinajstić information content (AvgIpc) is 3.39. The van der Waals surface area contributed by atoms with E-state index in [1.807, 2.05) is 24.3 Å². The van der Waals surface area contributed by atoms with E-state index in [1.165, 1.54) is 24.6 Å². The Labute approximate surface area is 149 Å². The van der Waals surface area contributed by atoms with Crippen LogP contribution in [0.5, 0.6) is 0 Å². The molecule has 3 aliphatic rings. The summed E-state index contributed by atoms with van der Waals surface area (Å²) >= 11 is 1.25. The predicted octanol–water partition coefficient (Wildman–Crippen LogP) is 1.95. The molecule has 2 aromatic carbocycles. The van der Waals surface area contributed by atoms with E-state index in [0.29, 0.717) is 16.0 Å². The highest BCUT2D eigenvalue weighted by Crippen LogP contribution is 2.32. The molecule has 0 saturated heterocycles. The van der Waals surface area contributed by atoms with Crippen LogP contribution in [0.4, 0.5) is 0 Å². The van der Waals surface area contributed by atoms with Gasteiger partial charge in [0.15, 0.2) is 5.17 Å². The minimum atomic E-state index is -0.253. The van der Waals surface area contributed by atoms with E-state index in [1.54, 1.807) is 0 Å². The minimum absolute atomic E-state index is 0.253. The molecule has 0 unspecified atom stereocenters. The van der Waals surface area contributed by atoms with Gasteiger partial charge in [-0.2, -0.15) is 4.99 Å². The first-order valence-corrected chi connectivity index (χ1v) is 9.20. The second-order valence-corrected chi connectivity index (χ2v) is 7.58. The summed E-state index contributed by atoms with van der Waals surface area (Å²) in [5, 5.41) is 2.26. The fraction of sp³-hybridized carbons (Fsp3) is 0.200. The van der Waals surface area contributed by atoms with Gasteiger partial charge in [-0.15, -0.1) is 0 Å². The Kier molecular flexibility index (Phi) is 3.25. The molecule has 2 bridgehead atoms. The van der Waals surface area contributed by atoms with E-state index in [-0.39, 0.29) is 5.91 Å². The maximum absolute atomic E-state index is 12.2. The SMILES string of the molecule is NC1=NC(=O)/C(=C2\c3ccc(-c4ccccc4)c2c3OCC2CC2)S1. The van der Waals surface area contributed by atoms with Gasteiger partial charge in [-0.25, -0.2) is 0 Å². The Balaban J connectivity index is 1.72. The van der Waals surface area contributed by atoms with Crippen LogP contribution in [0.3, 0.4) is 0 Å². The number of hydrogen-bond acceptors (Lipinski definition) is 4. The van der Waals surface area contributed by atoms with Crippen molar-refractivity contribution >= 4 is 33.5 Å². The molecule has 1 aliphatic heterocycles. The third-order valence-corrected chi connectivity index (χ3v) is 5.65. The summed E-state index contributed by atoms with van der Waals surface area (Å²) in [5.74, 6) is 1.34. The van der Waals surface area contributed by atoms with Crippen LogP contribution >= 0.6 is 11.8 Å².